The van der Waals surface area contributed by atoms with Crippen molar-refractivity contribution < 1.29 is 19.1 Å². The van der Waals surface area contributed by atoms with Gasteiger partial charge in [-0.1, -0.05) is 6.07 Å². The zero-order valence-electron chi connectivity index (χ0n) is 20.9. The fourth-order valence-electron chi connectivity index (χ4n) is 6.19. The fourth-order valence-corrected chi connectivity index (χ4v) is 6.19. The molecule has 0 radical (unpaired) electrons. The van der Waals surface area contributed by atoms with E-state index in [0.29, 0.717) is 36.5 Å². The number of benzene rings is 1. The summed E-state index contributed by atoms with van der Waals surface area (Å²) in [5.74, 6) is -0.539. The number of amides is 2. The highest BCUT2D eigenvalue weighted by atomic mass is 16.6. The number of carbonyl (C=O) groups is 3. The molecule has 3 unspecified atom stereocenters. The number of ether oxygens (including phenoxy) is 1. The second-order valence-corrected chi connectivity index (χ2v) is 11.2. The SMILES string of the molecule is Cn1c(=O)n(C2CCC(=O)NC2=O)c2ccc(C3CC4CCC(C3)N4CC(=O)OC(C)(C)C)cc21. The molecule has 1 aromatic heterocycles. The Morgan fingerprint density at radius 1 is 1.06 bits per heavy atom. The molecule has 0 spiro atoms. The maximum absolute atomic E-state index is 13.1. The minimum atomic E-state index is -0.679. The monoisotopic (exact) mass is 482 g/mol. The molecule has 2 amide bonds. The number of hydrogen-bond donors (Lipinski definition) is 1. The van der Waals surface area contributed by atoms with Crippen LogP contribution >= 0.6 is 0 Å². The van der Waals surface area contributed by atoms with E-state index < -0.39 is 17.6 Å². The maximum atomic E-state index is 13.1. The molecule has 9 nitrogen and oxygen atoms in total. The van der Waals surface area contributed by atoms with Crippen LogP contribution in [0.3, 0.4) is 0 Å². The molecule has 1 N–H and O–H groups in total. The van der Waals surface area contributed by atoms with Crippen LogP contribution in [-0.2, 0) is 26.2 Å². The van der Waals surface area contributed by atoms with Gasteiger partial charge < -0.3 is 4.74 Å². The number of imide groups is 1. The summed E-state index contributed by atoms with van der Waals surface area (Å²) in [5, 5.41) is 2.35. The van der Waals surface area contributed by atoms with Crippen LogP contribution in [0.2, 0.25) is 0 Å². The fraction of sp³-hybridized carbons (Fsp3) is 0.615. The third-order valence-electron chi connectivity index (χ3n) is 7.72. The summed E-state index contributed by atoms with van der Waals surface area (Å²) in [6.07, 6.45) is 4.64. The molecule has 4 heterocycles. The van der Waals surface area contributed by atoms with E-state index in [1.54, 1.807) is 11.6 Å². The standard InChI is InChI=1S/C26H34N4O5/c1-26(2,3)35-23(32)14-29-17-6-7-18(29)12-16(11-17)15-5-8-19-21(13-15)28(4)25(34)30(19)20-9-10-22(31)27-24(20)33/h5,8,13,16-18,20H,6-7,9-12,14H2,1-4H3,(H,27,31,33). The van der Waals surface area contributed by atoms with Crippen molar-refractivity contribution in [2.75, 3.05) is 6.54 Å². The van der Waals surface area contributed by atoms with Gasteiger partial charge in [0, 0.05) is 25.6 Å². The summed E-state index contributed by atoms with van der Waals surface area (Å²) in [4.78, 5) is 51.9. The topological polar surface area (TPSA) is 103 Å². The van der Waals surface area contributed by atoms with Gasteiger partial charge in [-0.2, -0.15) is 0 Å². The number of rotatable bonds is 4. The largest absolute Gasteiger partial charge is 0.459 e. The number of nitrogens with one attached hydrogen (secondary N) is 1. The van der Waals surface area contributed by atoms with E-state index in [1.165, 1.54) is 10.1 Å². The van der Waals surface area contributed by atoms with E-state index in [-0.39, 0.29) is 24.0 Å². The van der Waals surface area contributed by atoms with Gasteiger partial charge in [-0.25, -0.2) is 4.79 Å². The Morgan fingerprint density at radius 2 is 1.74 bits per heavy atom. The zero-order chi connectivity index (χ0) is 25.1. The Labute approximate surface area is 204 Å². The summed E-state index contributed by atoms with van der Waals surface area (Å²) in [6.45, 7) is 6.01. The second kappa shape index (κ2) is 8.62. The Bertz CT molecular complexity index is 1240. The van der Waals surface area contributed by atoms with E-state index in [0.717, 1.165) is 31.2 Å². The van der Waals surface area contributed by atoms with Gasteiger partial charge in [0.1, 0.15) is 11.6 Å². The number of hydrogen-bond acceptors (Lipinski definition) is 6. The van der Waals surface area contributed by atoms with Crippen LogP contribution < -0.4 is 11.0 Å². The third-order valence-corrected chi connectivity index (χ3v) is 7.72. The molecule has 0 aliphatic carbocycles. The first-order chi connectivity index (χ1) is 16.5. The van der Waals surface area contributed by atoms with E-state index >= 15 is 0 Å². The minimum Gasteiger partial charge on any atom is -0.459 e. The molecule has 3 fully saturated rings. The first-order valence-electron chi connectivity index (χ1n) is 12.5. The first kappa shape index (κ1) is 23.8. The van der Waals surface area contributed by atoms with Crippen molar-refractivity contribution in [1.29, 1.82) is 0 Å². The summed E-state index contributed by atoms with van der Waals surface area (Å²) >= 11 is 0. The summed E-state index contributed by atoms with van der Waals surface area (Å²) < 4.78 is 8.67. The Kier molecular flexibility index (Phi) is 5.86. The molecule has 2 aromatic rings. The van der Waals surface area contributed by atoms with Gasteiger partial charge in [0.15, 0.2) is 0 Å². The van der Waals surface area contributed by atoms with Crippen molar-refractivity contribution in [2.24, 2.45) is 7.05 Å². The van der Waals surface area contributed by atoms with E-state index in [1.807, 2.05) is 26.8 Å². The maximum Gasteiger partial charge on any atom is 0.329 e. The van der Waals surface area contributed by atoms with Gasteiger partial charge in [0.2, 0.25) is 11.8 Å². The lowest BCUT2D eigenvalue weighted by Crippen LogP contribution is -2.46. The molecular formula is C26H34N4O5. The molecule has 5 rings (SSSR count). The Balaban J connectivity index is 1.37. The number of carbonyl (C=O) groups excluding carboxylic acids is 3. The molecule has 3 aliphatic rings. The highest BCUT2D eigenvalue weighted by Gasteiger charge is 2.42. The molecule has 0 saturated carbocycles. The van der Waals surface area contributed by atoms with Crippen molar-refractivity contribution in [3.63, 3.8) is 0 Å². The number of aryl methyl sites for hydroxylation is 1. The van der Waals surface area contributed by atoms with Gasteiger partial charge in [-0.05, 0) is 76.5 Å². The van der Waals surface area contributed by atoms with Gasteiger partial charge in [-0.3, -0.25) is 33.7 Å². The predicted octanol–water partition coefficient (Wildman–Crippen LogP) is 2.37. The lowest BCUT2D eigenvalue weighted by Gasteiger charge is -2.39. The van der Waals surface area contributed by atoms with Crippen LogP contribution in [0.5, 0.6) is 0 Å². The zero-order valence-corrected chi connectivity index (χ0v) is 20.9. The number of nitrogens with zero attached hydrogens (tertiary/aromatic N) is 3. The quantitative estimate of drug-likeness (QED) is 0.530. The Hall–Kier alpha value is -2.94. The third kappa shape index (κ3) is 4.42. The lowest BCUT2D eigenvalue weighted by atomic mass is 9.85. The number of fused-ring (bicyclic) bond motifs is 3. The van der Waals surface area contributed by atoms with Crippen molar-refractivity contribution in [2.45, 2.75) is 88.9 Å². The molecule has 3 saturated heterocycles. The van der Waals surface area contributed by atoms with E-state index in [4.69, 9.17) is 4.74 Å². The molecule has 35 heavy (non-hydrogen) atoms. The number of aromatic nitrogens is 2. The highest BCUT2D eigenvalue weighted by molar-refractivity contribution is 6.00. The number of piperidine rings is 2. The van der Waals surface area contributed by atoms with Gasteiger partial charge in [0.25, 0.3) is 0 Å². The van der Waals surface area contributed by atoms with Crippen LogP contribution in [0.15, 0.2) is 23.0 Å². The van der Waals surface area contributed by atoms with Crippen LogP contribution in [0.4, 0.5) is 0 Å². The number of imidazole rings is 1. The molecule has 188 valence electrons. The molecule has 2 bridgehead atoms. The average Bonchev–Trinajstić information content (AvgIpc) is 3.14. The summed E-state index contributed by atoms with van der Waals surface area (Å²) in [7, 11) is 1.73. The minimum absolute atomic E-state index is 0.168. The van der Waals surface area contributed by atoms with Gasteiger partial charge in [0.05, 0.1) is 17.6 Å². The van der Waals surface area contributed by atoms with Crippen LogP contribution in [0.1, 0.15) is 76.8 Å². The first-order valence-corrected chi connectivity index (χ1v) is 12.5. The molecule has 9 heteroatoms. The van der Waals surface area contributed by atoms with Crippen LogP contribution in [-0.4, -0.2) is 56.0 Å². The summed E-state index contributed by atoms with van der Waals surface area (Å²) in [6, 6.07) is 6.09. The molecule has 3 aliphatic heterocycles. The van der Waals surface area contributed by atoms with Crippen molar-refractivity contribution in [1.82, 2.24) is 19.4 Å². The average molecular weight is 483 g/mol. The van der Waals surface area contributed by atoms with Crippen LogP contribution in [0, 0.1) is 0 Å². The van der Waals surface area contributed by atoms with Crippen molar-refractivity contribution >= 4 is 28.8 Å². The smallest absolute Gasteiger partial charge is 0.329 e. The lowest BCUT2D eigenvalue weighted by molar-refractivity contribution is -0.157. The van der Waals surface area contributed by atoms with E-state index in [2.05, 4.69) is 22.3 Å². The van der Waals surface area contributed by atoms with Crippen molar-refractivity contribution in [3.8, 4) is 0 Å². The molecular weight excluding hydrogens is 448 g/mol. The van der Waals surface area contributed by atoms with Gasteiger partial charge >= 0.3 is 11.7 Å². The van der Waals surface area contributed by atoms with Crippen LogP contribution in [0.25, 0.3) is 11.0 Å². The molecule has 1 aromatic carbocycles. The van der Waals surface area contributed by atoms with E-state index in [9.17, 15) is 19.2 Å². The second-order valence-electron chi connectivity index (χ2n) is 11.2. The predicted molar refractivity (Wildman–Crippen MR) is 130 cm³/mol. The van der Waals surface area contributed by atoms with Gasteiger partial charge in [-0.15, -0.1) is 0 Å². The number of esters is 1. The van der Waals surface area contributed by atoms with Crippen molar-refractivity contribution in [3.05, 3.63) is 34.2 Å². The normalized spacial score (nSPS) is 27.3. The summed E-state index contributed by atoms with van der Waals surface area (Å²) in [5.41, 5.74) is 1.95. The molecule has 3 atom stereocenters. The Morgan fingerprint density at radius 3 is 2.37 bits per heavy atom. The highest BCUT2D eigenvalue weighted by Crippen LogP contribution is 2.43.